The number of nitrogens with zero attached hydrogens (tertiary/aromatic N) is 1. The lowest BCUT2D eigenvalue weighted by atomic mass is 9.69. The van der Waals surface area contributed by atoms with E-state index in [0.29, 0.717) is 40.5 Å². The molecule has 2 aromatic carbocycles. The van der Waals surface area contributed by atoms with E-state index in [-0.39, 0.29) is 23.9 Å². The number of benzene rings is 2. The molecule has 0 saturated carbocycles. The van der Waals surface area contributed by atoms with E-state index in [9.17, 15) is 14.0 Å². The molecule has 172 valence electrons. The van der Waals surface area contributed by atoms with Crippen LogP contribution in [0.15, 0.2) is 58.7 Å². The van der Waals surface area contributed by atoms with Gasteiger partial charge < -0.3 is 14.2 Å². The number of hydrogen-bond donors (Lipinski definition) is 0. The lowest BCUT2D eigenvalue weighted by Crippen LogP contribution is -2.37. The van der Waals surface area contributed by atoms with Gasteiger partial charge in [-0.05, 0) is 54.7 Å². The molecule has 1 aliphatic heterocycles. The van der Waals surface area contributed by atoms with E-state index in [0.717, 1.165) is 5.56 Å². The number of aliphatic imine (C=N–C) groups is 1. The SMILES string of the molecule is COC(=O)C1C(C)=NC2=C(C(=O)C[C@@H](c3ccc(OC)c(OC)c3)C2)[C@@H]1c1ccc(F)cc1. The van der Waals surface area contributed by atoms with Gasteiger partial charge in [0.15, 0.2) is 17.3 Å². The van der Waals surface area contributed by atoms with E-state index in [1.807, 2.05) is 18.2 Å². The summed E-state index contributed by atoms with van der Waals surface area (Å²) >= 11 is 0. The number of halogens is 1. The maximum absolute atomic E-state index is 13.6. The first-order valence-electron chi connectivity index (χ1n) is 10.7. The Labute approximate surface area is 192 Å². The second-order valence-electron chi connectivity index (χ2n) is 8.29. The van der Waals surface area contributed by atoms with Crippen LogP contribution in [0.2, 0.25) is 0 Å². The third-order valence-electron chi connectivity index (χ3n) is 6.45. The Bertz CT molecular complexity index is 1150. The van der Waals surface area contributed by atoms with Crippen LogP contribution in [0.4, 0.5) is 4.39 Å². The van der Waals surface area contributed by atoms with Crippen molar-refractivity contribution in [2.24, 2.45) is 10.9 Å². The zero-order valence-electron chi connectivity index (χ0n) is 19.1. The van der Waals surface area contributed by atoms with Gasteiger partial charge in [0, 0.05) is 29.3 Å². The summed E-state index contributed by atoms with van der Waals surface area (Å²) in [6, 6.07) is 11.6. The van der Waals surface area contributed by atoms with Crippen molar-refractivity contribution < 1.29 is 28.2 Å². The van der Waals surface area contributed by atoms with Crippen LogP contribution in [0, 0.1) is 11.7 Å². The van der Waals surface area contributed by atoms with Gasteiger partial charge in [-0.3, -0.25) is 14.6 Å². The Morgan fingerprint density at radius 3 is 2.27 bits per heavy atom. The van der Waals surface area contributed by atoms with Gasteiger partial charge in [-0.1, -0.05) is 18.2 Å². The molecule has 7 heteroatoms. The van der Waals surface area contributed by atoms with Crippen LogP contribution in [0.3, 0.4) is 0 Å². The van der Waals surface area contributed by atoms with E-state index in [1.54, 1.807) is 33.3 Å². The Morgan fingerprint density at radius 2 is 1.64 bits per heavy atom. The van der Waals surface area contributed by atoms with Crippen LogP contribution in [0.5, 0.6) is 11.5 Å². The second kappa shape index (κ2) is 9.17. The highest BCUT2D eigenvalue weighted by molar-refractivity contribution is 6.09. The Balaban J connectivity index is 1.78. The van der Waals surface area contributed by atoms with Crippen LogP contribution < -0.4 is 9.47 Å². The van der Waals surface area contributed by atoms with E-state index in [2.05, 4.69) is 0 Å². The number of carbonyl (C=O) groups is 2. The molecule has 1 aliphatic carbocycles. The summed E-state index contributed by atoms with van der Waals surface area (Å²) < 4.78 is 29.4. The molecule has 0 bridgehead atoms. The molecule has 0 amide bonds. The standard InChI is InChI=1S/C26H26FNO5/c1-14-23(26(30)33-4)24(15-5-8-18(27)9-6-15)25-19(28-14)11-17(12-20(25)29)16-7-10-21(31-2)22(13-16)32-3/h5-10,13,17,23-24H,11-12H2,1-4H3/t17-,23?,24+/m0/s1. The molecule has 0 spiro atoms. The molecular weight excluding hydrogens is 425 g/mol. The van der Waals surface area contributed by atoms with Crippen molar-refractivity contribution in [2.75, 3.05) is 21.3 Å². The maximum atomic E-state index is 13.6. The Morgan fingerprint density at radius 1 is 0.970 bits per heavy atom. The number of carbonyl (C=O) groups excluding carboxylic acids is 2. The fraction of sp³-hybridized carbons (Fsp3) is 0.346. The van der Waals surface area contributed by atoms with E-state index in [1.165, 1.54) is 19.2 Å². The highest BCUT2D eigenvalue weighted by Crippen LogP contribution is 2.47. The number of allylic oxidation sites excluding steroid dienone is 2. The molecule has 0 fully saturated rings. The molecule has 1 unspecified atom stereocenters. The van der Waals surface area contributed by atoms with Gasteiger partial charge in [-0.25, -0.2) is 4.39 Å². The summed E-state index contributed by atoms with van der Waals surface area (Å²) in [5.41, 5.74) is 3.40. The van der Waals surface area contributed by atoms with Gasteiger partial charge in [0.1, 0.15) is 11.7 Å². The summed E-state index contributed by atoms with van der Waals surface area (Å²) in [6.07, 6.45) is 0.813. The molecule has 0 aromatic heterocycles. The number of ether oxygens (including phenoxy) is 3. The normalized spacial score (nSPS) is 22.4. The van der Waals surface area contributed by atoms with Crippen LogP contribution in [-0.2, 0) is 14.3 Å². The molecule has 1 heterocycles. The minimum absolute atomic E-state index is 0.0736. The van der Waals surface area contributed by atoms with E-state index >= 15 is 0 Å². The molecule has 0 radical (unpaired) electrons. The summed E-state index contributed by atoms with van der Waals surface area (Å²) in [6.45, 7) is 1.77. The average Bonchev–Trinajstić information content (AvgIpc) is 2.82. The van der Waals surface area contributed by atoms with Crippen molar-refractivity contribution in [2.45, 2.75) is 31.6 Å². The van der Waals surface area contributed by atoms with Crippen LogP contribution in [0.1, 0.15) is 42.7 Å². The Kier molecular flexibility index (Phi) is 6.31. The van der Waals surface area contributed by atoms with Gasteiger partial charge in [0.25, 0.3) is 0 Å². The molecular formula is C26H26FNO5. The third kappa shape index (κ3) is 4.15. The van der Waals surface area contributed by atoms with Crippen LogP contribution in [0.25, 0.3) is 0 Å². The zero-order chi connectivity index (χ0) is 23.7. The fourth-order valence-electron chi connectivity index (χ4n) is 4.86. The van der Waals surface area contributed by atoms with E-state index in [4.69, 9.17) is 19.2 Å². The number of rotatable bonds is 5. The maximum Gasteiger partial charge on any atom is 0.315 e. The van der Waals surface area contributed by atoms with Crippen LogP contribution >= 0.6 is 0 Å². The largest absolute Gasteiger partial charge is 0.493 e. The van der Waals surface area contributed by atoms with Crippen LogP contribution in [-0.4, -0.2) is 38.8 Å². The monoisotopic (exact) mass is 451 g/mol. The lowest BCUT2D eigenvalue weighted by molar-refractivity contribution is -0.143. The van der Waals surface area contributed by atoms with Gasteiger partial charge in [-0.2, -0.15) is 0 Å². The number of esters is 1. The second-order valence-corrected chi connectivity index (χ2v) is 8.29. The molecule has 3 atom stereocenters. The van der Waals surface area contributed by atoms with Crippen molar-refractivity contribution in [1.82, 2.24) is 0 Å². The lowest BCUT2D eigenvalue weighted by Gasteiger charge is -2.36. The van der Waals surface area contributed by atoms with Gasteiger partial charge >= 0.3 is 5.97 Å². The first-order valence-corrected chi connectivity index (χ1v) is 10.7. The molecule has 0 saturated heterocycles. The molecule has 6 nitrogen and oxygen atoms in total. The summed E-state index contributed by atoms with van der Waals surface area (Å²) in [5, 5.41) is 0. The van der Waals surface area contributed by atoms with Gasteiger partial charge in [0.05, 0.1) is 21.3 Å². The van der Waals surface area contributed by atoms with Crippen molar-refractivity contribution in [3.8, 4) is 11.5 Å². The van der Waals surface area contributed by atoms with Crippen molar-refractivity contribution in [3.63, 3.8) is 0 Å². The average molecular weight is 451 g/mol. The smallest absolute Gasteiger partial charge is 0.315 e. The van der Waals surface area contributed by atoms with Crippen molar-refractivity contribution in [3.05, 3.63) is 70.7 Å². The zero-order valence-corrected chi connectivity index (χ0v) is 19.1. The predicted octanol–water partition coefficient (Wildman–Crippen LogP) is 4.59. The highest BCUT2D eigenvalue weighted by atomic mass is 19.1. The van der Waals surface area contributed by atoms with Gasteiger partial charge in [0.2, 0.25) is 0 Å². The van der Waals surface area contributed by atoms with E-state index < -0.39 is 17.8 Å². The van der Waals surface area contributed by atoms with Crippen molar-refractivity contribution in [1.29, 1.82) is 0 Å². The minimum atomic E-state index is -0.735. The Hall–Kier alpha value is -3.48. The summed E-state index contributed by atoms with van der Waals surface area (Å²) in [4.78, 5) is 30.9. The highest BCUT2D eigenvalue weighted by Gasteiger charge is 2.44. The third-order valence-corrected chi connectivity index (χ3v) is 6.45. The first kappa shape index (κ1) is 22.7. The number of methoxy groups -OCH3 is 3. The topological polar surface area (TPSA) is 74.2 Å². The molecule has 0 N–H and O–H groups in total. The first-order chi connectivity index (χ1) is 15.9. The molecule has 2 aromatic rings. The number of Topliss-reactive ketones (excluding diaryl/α,β-unsaturated/α-hetero) is 1. The molecule has 2 aliphatic rings. The number of hydrogen-bond acceptors (Lipinski definition) is 6. The quantitative estimate of drug-likeness (QED) is 0.622. The fourth-order valence-corrected chi connectivity index (χ4v) is 4.86. The molecule has 4 rings (SSSR count). The van der Waals surface area contributed by atoms with Gasteiger partial charge in [-0.15, -0.1) is 0 Å². The molecule has 33 heavy (non-hydrogen) atoms. The predicted molar refractivity (Wildman–Crippen MR) is 121 cm³/mol. The number of ketones is 1. The van der Waals surface area contributed by atoms with Crippen molar-refractivity contribution >= 4 is 17.5 Å². The summed E-state index contributed by atoms with van der Waals surface area (Å²) in [7, 11) is 4.46. The minimum Gasteiger partial charge on any atom is -0.493 e. The summed E-state index contributed by atoms with van der Waals surface area (Å²) in [5.74, 6) is -1.09.